The van der Waals surface area contributed by atoms with E-state index < -0.39 is 26.1 Å². The summed E-state index contributed by atoms with van der Waals surface area (Å²) in [4.78, 5) is 33.6. The maximum atomic E-state index is 11.3. The number of hydrogen-bond acceptors (Lipinski definition) is 9. The van der Waals surface area contributed by atoms with Gasteiger partial charge in [0.25, 0.3) is 11.4 Å². The number of nitrogens with one attached hydrogen (secondary N) is 1. The number of hydrazone groups is 1. The lowest BCUT2D eigenvalue weighted by Crippen LogP contribution is -2.32. The zero-order valence-corrected chi connectivity index (χ0v) is 18.8. The van der Waals surface area contributed by atoms with E-state index in [-0.39, 0.29) is 11.4 Å². The molecule has 0 saturated carbocycles. The lowest BCUT2D eigenvalue weighted by molar-refractivity contribution is -0.393. The van der Waals surface area contributed by atoms with Crippen LogP contribution in [0.2, 0.25) is 0 Å². The number of rotatable bonds is 11. The molecule has 33 heavy (non-hydrogen) atoms. The van der Waals surface area contributed by atoms with Crippen LogP contribution in [-0.4, -0.2) is 34.1 Å². The fourth-order valence-corrected chi connectivity index (χ4v) is 3.25. The summed E-state index contributed by atoms with van der Waals surface area (Å²) in [6.45, 7) is 9.73. The van der Waals surface area contributed by atoms with Crippen LogP contribution < -0.4 is 10.3 Å². The number of nitro groups is 3. The first-order chi connectivity index (χ1) is 15.5. The summed E-state index contributed by atoms with van der Waals surface area (Å²) in [5.41, 5.74) is 2.63. The highest BCUT2D eigenvalue weighted by atomic mass is 16.6. The zero-order valence-electron chi connectivity index (χ0n) is 18.8. The molecule has 0 aliphatic heterocycles. The molecule has 0 radical (unpaired) electrons. The van der Waals surface area contributed by atoms with Crippen LogP contribution in [0.4, 0.5) is 28.4 Å². The highest BCUT2D eigenvalue weighted by Gasteiger charge is 2.20. The first-order valence-corrected chi connectivity index (χ1v) is 10.2. The predicted molar refractivity (Wildman–Crippen MR) is 126 cm³/mol. The average molecular weight is 458 g/mol. The van der Waals surface area contributed by atoms with Crippen molar-refractivity contribution in [1.29, 1.82) is 0 Å². The summed E-state index contributed by atoms with van der Waals surface area (Å²) in [7, 11) is 0. The minimum Gasteiger partial charge on any atom is -0.370 e. The Bertz CT molecular complexity index is 1060. The molecule has 0 unspecified atom stereocenters. The molecule has 0 heterocycles. The molecule has 0 saturated heterocycles. The van der Waals surface area contributed by atoms with Gasteiger partial charge in [-0.3, -0.25) is 35.8 Å². The van der Waals surface area contributed by atoms with Crippen LogP contribution in [0.25, 0.3) is 0 Å². The van der Waals surface area contributed by atoms with Gasteiger partial charge in [0.1, 0.15) is 5.69 Å². The van der Waals surface area contributed by atoms with E-state index in [1.54, 1.807) is 6.07 Å². The maximum Gasteiger partial charge on any atom is 0.301 e. The molecule has 0 aliphatic rings. The maximum absolute atomic E-state index is 11.3. The van der Waals surface area contributed by atoms with Gasteiger partial charge in [-0.15, -0.1) is 0 Å². The minimum absolute atomic E-state index is 0.0463. The first kappa shape index (κ1) is 25.2. The minimum atomic E-state index is -0.753. The number of nitro benzene ring substituents is 3. The second-order valence-corrected chi connectivity index (χ2v) is 8.28. The van der Waals surface area contributed by atoms with E-state index in [0.717, 1.165) is 30.9 Å². The third-order valence-corrected chi connectivity index (χ3v) is 4.51. The van der Waals surface area contributed by atoms with Crippen LogP contribution in [0.1, 0.15) is 33.3 Å². The van der Waals surface area contributed by atoms with Gasteiger partial charge in [0.2, 0.25) is 0 Å². The third kappa shape index (κ3) is 6.95. The van der Waals surface area contributed by atoms with Crippen molar-refractivity contribution in [3.05, 3.63) is 72.3 Å². The van der Waals surface area contributed by atoms with E-state index >= 15 is 0 Å². The van der Waals surface area contributed by atoms with Crippen molar-refractivity contribution in [2.24, 2.45) is 16.9 Å². The smallest absolute Gasteiger partial charge is 0.301 e. The van der Waals surface area contributed by atoms with E-state index in [9.17, 15) is 30.3 Å². The van der Waals surface area contributed by atoms with Gasteiger partial charge in [0.15, 0.2) is 0 Å². The van der Waals surface area contributed by atoms with Gasteiger partial charge in [0.05, 0.1) is 27.1 Å². The van der Waals surface area contributed by atoms with Crippen LogP contribution in [0.3, 0.4) is 0 Å². The van der Waals surface area contributed by atoms with Crippen LogP contribution in [0.15, 0.2) is 41.5 Å². The van der Waals surface area contributed by atoms with Gasteiger partial charge >= 0.3 is 5.69 Å². The van der Waals surface area contributed by atoms with Gasteiger partial charge in [-0.2, -0.15) is 5.10 Å². The van der Waals surface area contributed by atoms with Crippen molar-refractivity contribution in [3.63, 3.8) is 0 Å². The largest absolute Gasteiger partial charge is 0.370 e. The highest BCUT2D eigenvalue weighted by molar-refractivity contribution is 5.89. The van der Waals surface area contributed by atoms with Gasteiger partial charge in [-0.05, 0) is 24.0 Å². The Morgan fingerprint density at radius 3 is 1.94 bits per heavy atom. The molecule has 12 heteroatoms. The lowest BCUT2D eigenvalue weighted by atomic mass is 10.1. The number of benzene rings is 2. The van der Waals surface area contributed by atoms with Crippen LogP contribution in [-0.2, 0) is 0 Å². The monoisotopic (exact) mass is 458 g/mol. The van der Waals surface area contributed by atoms with Crippen molar-refractivity contribution >= 4 is 34.7 Å². The quantitative estimate of drug-likeness (QED) is 0.281. The second-order valence-electron chi connectivity index (χ2n) is 8.28. The summed E-state index contributed by atoms with van der Waals surface area (Å²) in [5, 5.41) is 37.5. The van der Waals surface area contributed by atoms with Crippen LogP contribution in [0.5, 0.6) is 0 Å². The molecule has 2 aromatic carbocycles. The van der Waals surface area contributed by atoms with E-state index in [1.807, 2.05) is 0 Å². The van der Waals surface area contributed by atoms with Crippen molar-refractivity contribution in [3.8, 4) is 0 Å². The predicted octanol–water partition coefficient (Wildman–Crippen LogP) is 4.98. The molecule has 2 aromatic rings. The molecule has 0 amide bonds. The Hall–Kier alpha value is -4.09. The van der Waals surface area contributed by atoms with Crippen LogP contribution in [0, 0.1) is 42.2 Å². The SMILES string of the molecule is CC(C)CN(CC(C)C)c1ccc([N+](=O)[O-])cc1/C=N\Nc1ccc([N+](=O)[O-])cc1[N+](=O)[O-]. The Morgan fingerprint density at radius 1 is 0.879 bits per heavy atom. The summed E-state index contributed by atoms with van der Waals surface area (Å²) in [6.07, 6.45) is 1.35. The molecule has 176 valence electrons. The third-order valence-electron chi connectivity index (χ3n) is 4.51. The number of hydrogen-bond donors (Lipinski definition) is 1. The molecule has 0 aliphatic carbocycles. The molecule has 0 atom stereocenters. The Kier molecular flexibility index (Phi) is 8.37. The number of non-ortho nitro benzene ring substituents is 2. The normalized spacial score (nSPS) is 11.2. The molecule has 0 aromatic heterocycles. The van der Waals surface area contributed by atoms with Crippen molar-refractivity contribution in [1.82, 2.24) is 0 Å². The lowest BCUT2D eigenvalue weighted by Gasteiger charge is -2.29. The standard InChI is InChI=1S/C21H26N6O6/c1-14(2)12-24(13-15(3)4)20-8-6-17(25(28)29)9-16(20)11-22-23-19-7-5-18(26(30)31)10-21(19)27(32)33/h5-11,14-15,23H,12-13H2,1-4H3/b22-11-. The summed E-state index contributed by atoms with van der Waals surface area (Å²) >= 11 is 0. The second kappa shape index (κ2) is 11.0. The van der Waals surface area contributed by atoms with Gasteiger partial charge in [-0.1, -0.05) is 27.7 Å². The molecule has 0 spiro atoms. The zero-order chi connectivity index (χ0) is 24.7. The molecule has 0 fully saturated rings. The molecule has 1 N–H and O–H groups in total. The Balaban J connectivity index is 2.44. The Morgan fingerprint density at radius 2 is 1.42 bits per heavy atom. The fourth-order valence-electron chi connectivity index (χ4n) is 3.25. The summed E-state index contributed by atoms with van der Waals surface area (Å²) in [5.74, 6) is 0.675. The van der Waals surface area contributed by atoms with E-state index in [0.29, 0.717) is 17.4 Å². The number of nitrogens with zero attached hydrogens (tertiary/aromatic N) is 5. The Labute approximate surface area is 190 Å². The summed E-state index contributed by atoms with van der Waals surface area (Å²) < 4.78 is 0. The molecular formula is C21H26N6O6. The van der Waals surface area contributed by atoms with E-state index in [2.05, 4.69) is 43.1 Å². The number of anilines is 2. The highest BCUT2D eigenvalue weighted by Crippen LogP contribution is 2.30. The average Bonchev–Trinajstić information content (AvgIpc) is 2.72. The molecule has 12 nitrogen and oxygen atoms in total. The fraction of sp³-hybridized carbons (Fsp3) is 0.381. The van der Waals surface area contributed by atoms with Crippen molar-refractivity contribution in [2.75, 3.05) is 23.4 Å². The van der Waals surface area contributed by atoms with Crippen molar-refractivity contribution < 1.29 is 14.8 Å². The topological polar surface area (TPSA) is 157 Å². The molecule has 2 rings (SSSR count). The molecular weight excluding hydrogens is 432 g/mol. The molecule has 0 bridgehead atoms. The first-order valence-electron chi connectivity index (χ1n) is 10.2. The van der Waals surface area contributed by atoms with Gasteiger partial charge in [-0.25, -0.2) is 0 Å². The van der Waals surface area contributed by atoms with Gasteiger partial charge in [0, 0.05) is 42.5 Å². The van der Waals surface area contributed by atoms with E-state index in [1.165, 1.54) is 24.4 Å². The van der Waals surface area contributed by atoms with Crippen molar-refractivity contribution in [2.45, 2.75) is 27.7 Å². The summed E-state index contributed by atoms with van der Waals surface area (Å²) in [6, 6.07) is 7.62. The van der Waals surface area contributed by atoms with Gasteiger partial charge < -0.3 is 4.90 Å². The van der Waals surface area contributed by atoms with E-state index in [4.69, 9.17) is 0 Å². The van der Waals surface area contributed by atoms with Crippen LogP contribution >= 0.6 is 0 Å².